The van der Waals surface area contributed by atoms with Gasteiger partial charge in [-0.15, -0.1) is 0 Å². The normalized spacial score (nSPS) is 11.9. The first-order valence-electron chi connectivity index (χ1n) is 14.9. The fourth-order valence-electron chi connectivity index (χ4n) is 4.96. The van der Waals surface area contributed by atoms with Crippen molar-refractivity contribution in [1.29, 1.82) is 0 Å². The largest absolute Gasteiger partial charge is 0.495 e. The Balaban J connectivity index is 1.86. The lowest BCUT2D eigenvalue weighted by Gasteiger charge is -2.34. The van der Waals surface area contributed by atoms with E-state index in [2.05, 4.69) is 5.32 Å². The van der Waals surface area contributed by atoms with E-state index in [0.29, 0.717) is 23.6 Å². The van der Waals surface area contributed by atoms with Crippen molar-refractivity contribution in [3.63, 3.8) is 0 Å². The van der Waals surface area contributed by atoms with Crippen molar-refractivity contribution < 1.29 is 22.7 Å². The van der Waals surface area contributed by atoms with Gasteiger partial charge in [0.25, 0.3) is 10.0 Å². The van der Waals surface area contributed by atoms with Crippen LogP contribution in [0.25, 0.3) is 0 Å². The summed E-state index contributed by atoms with van der Waals surface area (Å²) in [6, 6.07) is 24.0. The van der Waals surface area contributed by atoms with Gasteiger partial charge in [0, 0.05) is 24.5 Å². The third kappa shape index (κ3) is 9.20. The number of carbonyl (C=O) groups excluding carboxylic acids is 2. The molecule has 0 fully saturated rings. The monoisotopic (exact) mass is 715 g/mol. The number of rotatable bonds is 14. The van der Waals surface area contributed by atoms with Crippen LogP contribution in [-0.2, 0) is 32.6 Å². The molecule has 0 aliphatic heterocycles. The minimum atomic E-state index is -4.34. The Labute approximate surface area is 291 Å². The summed E-state index contributed by atoms with van der Waals surface area (Å²) in [4.78, 5) is 29.8. The van der Waals surface area contributed by atoms with Gasteiger partial charge in [-0.3, -0.25) is 13.9 Å². The van der Waals surface area contributed by atoms with Crippen LogP contribution in [0.4, 0.5) is 5.69 Å². The maximum atomic E-state index is 14.6. The van der Waals surface area contributed by atoms with E-state index in [0.717, 1.165) is 15.4 Å². The van der Waals surface area contributed by atoms with Crippen LogP contribution in [-0.4, -0.2) is 51.4 Å². The first-order chi connectivity index (χ1) is 22.4. The molecule has 12 heteroatoms. The molecule has 0 unspecified atom stereocenters. The van der Waals surface area contributed by atoms with Gasteiger partial charge in [0.1, 0.15) is 18.3 Å². The highest BCUT2D eigenvalue weighted by atomic mass is 35.5. The SMILES string of the molecule is CCCNC(=O)[C@@H](Cc1ccccc1)N(Cc1ccc(Cl)c(Cl)c1)C(=O)CN(c1cc(Cl)ccc1OC)S(=O)(=O)c1ccc(C)cc1. The van der Waals surface area contributed by atoms with E-state index in [-0.39, 0.29) is 45.3 Å². The molecule has 0 aliphatic carbocycles. The molecule has 0 heterocycles. The number of carbonyl (C=O) groups is 2. The number of hydrogen-bond donors (Lipinski definition) is 1. The minimum Gasteiger partial charge on any atom is -0.495 e. The highest BCUT2D eigenvalue weighted by molar-refractivity contribution is 7.92. The smallest absolute Gasteiger partial charge is 0.264 e. The number of hydrogen-bond acceptors (Lipinski definition) is 5. The second-order valence-electron chi connectivity index (χ2n) is 10.9. The lowest BCUT2D eigenvalue weighted by atomic mass is 10.0. The fourth-order valence-corrected chi connectivity index (χ4v) is 6.87. The predicted octanol–water partition coefficient (Wildman–Crippen LogP) is 7.33. The molecule has 0 radical (unpaired) electrons. The van der Waals surface area contributed by atoms with Crippen molar-refractivity contribution in [1.82, 2.24) is 10.2 Å². The van der Waals surface area contributed by atoms with Crippen LogP contribution < -0.4 is 14.4 Å². The lowest BCUT2D eigenvalue weighted by molar-refractivity contribution is -0.140. The maximum absolute atomic E-state index is 14.6. The highest BCUT2D eigenvalue weighted by Gasteiger charge is 2.35. The van der Waals surface area contributed by atoms with Crippen LogP contribution in [0.5, 0.6) is 5.75 Å². The number of methoxy groups -OCH3 is 1. The first-order valence-corrected chi connectivity index (χ1v) is 17.5. The predicted molar refractivity (Wildman–Crippen MR) is 188 cm³/mol. The van der Waals surface area contributed by atoms with Gasteiger partial charge >= 0.3 is 0 Å². The molecular formula is C35H36Cl3N3O5S. The molecule has 2 amide bonds. The van der Waals surface area contributed by atoms with Crippen LogP contribution in [0.3, 0.4) is 0 Å². The van der Waals surface area contributed by atoms with Gasteiger partial charge in [-0.05, 0) is 66.9 Å². The van der Waals surface area contributed by atoms with Gasteiger partial charge in [-0.2, -0.15) is 0 Å². The van der Waals surface area contributed by atoms with Gasteiger partial charge in [0.15, 0.2) is 0 Å². The van der Waals surface area contributed by atoms with E-state index >= 15 is 0 Å². The van der Waals surface area contributed by atoms with Gasteiger partial charge < -0.3 is 15.0 Å². The number of benzene rings is 4. The van der Waals surface area contributed by atoms with E-state index in [1.165, 1.54) is 36.3 Å². The molecule has 0 saturated carbocycles. The molecule has 0 bridgehead atoms. The summed E-state index contributed by atoms with van der Waals surface area (Å²) >= 11 is 18.9. The van der Waals surface area contributed by atoms with Gasteiger partial charge in [0.05, 0.1) is 27.7 Å². The van der Waals surface area contributed by atoms with Gasteiger partial charge in [0.2, 0.25) is 11.8 Å². The number of nitrogens with zero attached hydrogens (tertiary/aromatic N) is 2. The van der Waals surface area contributed by atoms with Crippen molar-refractivity contribution in [2.24, 2.45) is 0 Å². The molecule has 4 rings (SSSR count). The third-order valence-electron chi connectivity index (χ3n) is 7.45. The maximum Gasteiger partial charge on any atom is 0.264 e. The zero-order valence-electron chi connectivity index (χ0n) is 26.3. The highest BCUT2D eigenvalue weighted by Crippen LogP contribution is 2.35. The third-order valence-corrected chi connectivity index (χ3v) is 10.2. The standard InChI is InChI=1S/C35H36Cl3N3O5S/c1-4-18-39-35(43)32(20-25-8-6-5-7-9-25)40(22-26-12-16-29(37)30(38)19-26)34(42)23-41(31-21-27(36)13-17-33(31)46-3)47(44,45)28-14-10-24(2)11-15-28/h5-17,19,21,32H,4,18,20,22-23H2,1-3H3,(H,39,43)/t32-/m1/s1. The molecule has 0 aromatic heterocycles. The minimum absolute atomic E-state index is 0.0320. The Morgan fingerprint density at radius 2 is 1.57 bits per heavy atom. The fraction of sp³-hybridized carbons (Fsp3) is 0.257. The average Bonchev–Trinajstić information content (AvgIpc) is 3.06. The lowest BCUT2D eigenvalue weighted by Crippen LogP contribution is -2.53. The summed E-state index contributed by atoms with van der Waals surface area (Å²) in [7, 11) is -2.95. The van der Waals surface area contributed by atoms with E-state index in [4.69, 9.17) is 39.5 Å². The topological polar surface area (TPSA) is 96.0 Å². The first kappa shape index (κ1) is 36.1. The van der Waals surface area contributed by atoms with Crippen molar-refractivity contribution in [2.75, 3.05) is 24.5 Å². The van der Waals surface area contributed by atoms with E-state index in [9.17, 15) is 18.0 Å². The number of ether oxygens (including phenoxy) is 1. The second kappa shape index (κ2) is 16.4. The number of sulfonamides is 1. The number of halogens is 3. The molecule has 0 saturated heterocycles. The van der Waals surface area contributed by atoms with Crippen molar-refractivity contribution in [3.8, 4) is 5.75 Å². The summed E-state index contributed by atoms with van der Waals surface area (Å²) in [6.45, 7) is 3.44. The van der Waals surface area contributed by atoms with Crippen LogP contribution >= 0.6 is 34.8 Å². The molecule has 8 nitrogen and oxygen atoms in total. The van der Waals surface area contributed by atoms with Crippen molar-refractivity contribution in [2.45, 2.75) is 44.2 Å². The quantitative estimate of drug-likeness (QED) is 0.148. The number of amides is 2. The summed E-state index contributed by atoms with van der Waals surface area (Å²) in [5, 5.41) is 3.77. The molecule has 1 atom stereocenters. The van der Waals surface area contributed by atoms with Crippen LogP contribution in [0.1, 0.15) is 30.0 Å². The van der Waals surface area contributed by atoms with Crippen molar-refractivity contribution >= 4 is 62.3 Å². The zero-order valence-corrected chi connectivity index (χ0v) is 29.3. The van der Waals surface area contributed by atoms with Crippen LogP contribution in [0.2, 0.25) is 15.1 Å². The molecule has 4 aromatic carbocycles. The molecular weight excluding hydrogens is 681 g/mol. The molecule has 47 heavy (non-hydrogen) atoms. The van der Waals surface area contributed by atoms with Gasteiger partial charge in [-0.1, -0.05) is 95.8 Å². The van der Waals surface area contributed by atoms with E-state index in [1.54, 1.807) is 36.4 Å². The summed E-state index contributed by atoms with van der Waals surface area (Å²) < 4.78 is 35.1. The summed E-state index contributed by atoms with van der Waals surface area (Å²) in [5.41, 5.74) is 2.35. The Morgan fingerprint density at radius 1 is 0.872 bits per heavy atom. The van der Waals surface area contributed by atoms with Crippen LogP contribution in [0.15, 0.2) is 95.9 Å². The second-order valence-corrected chi connectivity index (χ2v) is 14.0. The molecule has 248 valence electrons. The Kier molecular flexibility index (Phi) is 12.6. The average molecular weight is 717 g/mol. The molecule has 0 spiro atoms. The summed E-state index contributed by atoms with van der Waals surface area (Å²) in [6.07, 6.45) is 0.857. The number of nitrogens with one attached hydrogen (secondary N) is 1. The van der Waals surface area contributed by atoms with E-state index in [1.807, 2.05) is 44.2 Å². The van der Waals surface area contributed by atoms with Crippen LogP contribution in [0, 0.1) is 6.92 Å². The molecule has 0 aliphatic rings. The Hall–Kier alpha value is -3.76. The number of anilines is 1. The molecule has 1 N–H and O–H groups in total. The Morgan fingerprint density at radius 3 is 2.21 bits per heavy atom. The van der Waals surface area contributed by atoms with Crippen molar-refractivity contribution in [3.05, 3.63) is 123 Å². The summed E-state index contributed by atoms with van der Waals surface area (Å²) in [5.74, 6) is -0.825. The van der Waals surface area contributed by atoms with E-state index < -0.39 is 28.5 Å². The number of aryl methyl sites for hydroxylation is 1. The Bertz CT molecular complexity index is 1810. The molecule has 4 aromatic rings. The zero-order chi connectivity index (χ0) is 34.1. The van der Waals surface area contributed by atoms with Gasteiger partial charge in [-0.25, -0.2) is 8.42 Å².